The molecule has 0 saturated heterocycles. The van der Waals surface area contributed by atoms with E-state index in [4.69, 9.17) is 0 Å². The van der Waals surface area contributed by atoms with Crippen molar-refractivity contribution in [1.82, 2.24) is 0 Å². The highest BCUT2D eigenvalue weighted by molar-refractivity contribution is 5.49. The zero-order valence-corrected chi connectivity index (χ0v) is 10.8. The topological polar surface area (TPSA) is 17.1 Å². The van der Waals surface area contributed by atoms with Crippen LogP contribution in [0.1, 0.15) is 45.2 Å². The minimum atomic E-state index is 0.215. The first-order valence-corrected chi connectivity index (χ1v) is 5.96. The summed E-state index contributed by atoms with van der Waals surface area (Å²) < 4.78 is 0. The van der Waals surface area contributed by atoms with Crippen molar-refractivity contribution in [1.29, 1.82) is 0 Å². The van der Waals surface area contributed by atoms with Gasteiger partial charge in [0, 0.05) is 6.42 Å². The smallest absolute Gasteiger partial charge is 0.120 e. The number of carbonyl (C=O) groups excluding carboxylic acids is 1. The Morgan fingerprint density at radius 1 is 1.19 bits per heavy atom. The third-order valence-corrected chi connectivity index (χ3v) is 2.90. The van der Waals surface area contributed by atoms with E-state index in [9.17, 15) is 4.79 Å². The molecule has 1 aromatic rings. The van der Waals surface area contributed by atoms with Crippen LogP contribution in [0.5, 0.6) is 0 Å². The van der Waals surface area contributed by atoms with Gasteiger partial charge in [-0.1, -0.05) is 52.0 Å². The van der Waals surface area contributed by atoms with E-state index in [0.717, 1.165) is 12.7 Å². The Labute approximate surface area is 98.9 Å². The van der Waals surface area contributed by atoms with Crippen molar-refractivity contribution in [2.24, 2.45) is 5.92 Å². The van der Waals surface area contributed by atoms with Gasteiger partial charge in [-0.15, -0.1) is 0 Å². The Bertz CT molecular complexity index is 329. The predicted molar refractivity (Wildman–Crippen MR) is 68.7 cm³/mol. The number of hydrogen-bond donors (Lipinski definition) is 0. The summed E-state index contributed by atoms with van der Waals surface area (Å²) in [6.45, 7) is 8.77. The van der Waals surface area contributed by atoms with Crippen LogP contribution in [0.4, 0.5) is 0 Å². The number of rotatable bonds is 4. The number of aldehydes is 1. The zero-order chi connectivity index (χ0) is 12.2. The van der Waals surface area contributed by atoms with Crippen LogP contribution in [0, 0.1) is 5.92 Å². The summed E-state index contributed by atoms with van der Waals surface area (Å²) in [5.41, 5.74) is 2.90. The van der Waals surface area contributed by atoms with Crippen LogP contribution in [-0.4, -0.2) is 6.29 Å². The molecule has 0 spiro atoms. The molecule has 1 aromatic carbocycles. The normalized spacial score (nSPS) is 13.5. The lowest BCUT2D eigenvalue weighted by atomic mass is 9.86. The lowest BCUT2D eigenvalue weighted by Gasteiger charge is -2.19. The fraction of sp³-hybridized carbons (Fsp3) is 0.533. The van der Waals surface area contributed by atoms with Gasteiger partial charge < -0.3 is 4.79 Å². The molecule has 0 N–H and O–H groups in total. The highest BCUT2D eigenvalue weighted by Crippen LogP contribution is 2.23. The van der Waals surface area contributed by atoms with Crippen molar-refractivity contribution < 1.29 is 4.79 Å². The number of hydrogen-bond acceptors (Lipinski definition) is 1. The molecular formula is C15H22O. The standard InChI is InChI=1S/C15H22O/c1-12(9-10-16)11-13-5-7-14(8-6-13)15(2,3)4/h5-8,10,12H,9,11H2,1-4H3. The first kappa shape index (κ1) is 13.0. The first-order valence-electron chi connectivity index (χ1n) is 5.96. The lowest BCUT2D eigenvalue weighted by Crippen LogP contribution is -2.11. The molecule has 0 amide bonds. The molecule has 0 aliphatic heterocycles. The lowest BCUT2D eigenvalue weighted by molar-refractivity contribution is -0.108. The van der Waals surface area contributed by atoms with E-state index in [2.05, 4.69) is 52.0 Å². The van der Waals surface area contributed by atoms with Crippen molar-refractivity contribution in [2.45, 2.75) is 46.0 Å². The molecule has 16 heavy (non-hydrogen) atoms. The minimum absolute atomic E-state index is 0.215. The summed E-state index contributed by atoms with van der Waals surface area (Å²) in [6, 6.07) is 8.76. The summed E-state index contributed by atoms with van der Waals surface area (Å²) in [5.74, 6) is 0.443. The van der Waals surface area contributed by atoms with Crippen LogP contribution >= 0.6 is 0 Å². The van der Waals surface area contributed by atoms with Gasteiger partial charge in [-0.05, 0) is 28.9 Å². The molecular weight excluding hydrogens is 196 g/mol. The fourth-order valence-electron chi connectivity index (χ4n) is 1.79. The van der Waals surface area contributed by atoms with Gasteiger partial charge in [0.1, 0.15) is 6.29 Å². The number of benzene rings is 1. The average Bonchev–Trinajstić information content (AvgIpc) is 2.17. The van der Waals surface area contributed by atoms with Crippen molar-refractivity contribution >= 4 is 6.29 Å². The monoisotopic (exact) mass is 218 g/mol. The van der Waals surface area contributed by atoms with Crippen molar-refractivity contribution in [3.8, 4) is 0 Å². The minimum Gasteiger partial charge on any atom is -0.303 e. The van der Waals surface area contributed by atoms with Crippen LogP contribution in [0.3, 0.4) is 0 Å². The summed E-state index contributed by atoms with van der Waals surface area (Å²) in [5, 5.41) is 0. The second-order valence-corrected chi connectivity index (χ2v) is 5.66. The van der Waals surface area contributed by atoms with E-state index in [1.54, 1.807) is 0 Å². The Morgan fingerprint density at radius 2 is 1.75 bits per heavy atom. The van der Waals surface area contributed by atoms with Gasteiger partial charge in [-0.3, -0.25) is 0 Å². The van der Waals surface area contributed by atoms with Gasteiger partial charge in [-0.2, -0.15) is 0 Å². The fourth-order valence-corrected chi connectivity index (χ4v) is 1.79. The first-order chi connectivity index (χ1) is 7.43. The molecule has 0 saturated carbocycles. The maximum atomic E-state index is 10.4. The Hall–Kier alpha value is -1.11. The van der Waals surface area contributed by atoms with E-state index in [-0.39, 0.29) is 5.41 Å². The van der Waals surface area contributed by atoms with Crippen LogP contribution < -0.4 is 0 Å². The summed E-state index contributed by atoms with van der Waals surface area (Å²) in [4.78, 5) is 10.4. The second kappa shape index (κ2) is 5.29. The Kier molecular flexibility index (Phi) is 4.28. The second-order valence-electron chi connectivity index (χ2n) is 5.66. The molecule has 1 heteroatoms. The van der Waals surface area contributed by atoms with Crippen LogP contribution in [0.15, 0.2) is 24.3 Å². The highest BCUT2D eigenvalue weighted by atomic mass is 16.1. The summed E-state index contributed by atoms with van der Waals surface area (Å²) in [7, 11) is 0. The van der Waals surface area contributed by atoms with Crippen molar-refractivity contribution in [3.63, 3.8) is 0 Å². The van der Waals surface area contributed by atoms with Crippen molar-refractivity contribution in [2.75, 3.05) is 0 Å². The van der Waals surface area contributed by atoms with Gasteiger partial charge >= 0.3 is 0 Å². The molecule has 0 fully saturated rings. The molecule has 0 aromatic heterocycles. The van der Waals surface area contributed by atoms with E-state index in [0.29, 0.717) is 12.3 Å². The SMILES string of the molecule is CC(CC=O)Cc1ccc(C(C)(C)C)cc1. The van der Waals surface area contributed by atoms with Crippen molar-refractivity contribution in [3.05, 3.63) is 35.4 Å². The maximum Gasteiger partial charge on any atom is 0.120 e. The van der Waals surface area contributed by atoms with Gasteiger partial charge in [0.15, 0.2) is 0 Å². The van der Waals surface area contributed by atoms with Crippen LogP contribution in [-0.2, 0) is 16.6 Å². The molecule has 1 unspecified atom stereocenters. The number of carbonyl (C=O) groups is 1. The molecule has 0 bridgehead atoms. The summed E-state index contributed by atoms with van der Waals surface area (Å²) in [6.07, 6.45) is 2.65. The average molecular weight is 218 g/mol. The van der Waals surface area contributed by atoms with Crippen LogP contribution in [0.25, 0.3) is 0 Å². The van der Waals surface area contributed by atoms with E-state index in [1.165, 1.54) is 11.1 Å². The molecule has 0 aliphatic carbocycles. The molecule has 1 rings (SSSR count). The van der Waals surface area contributed by atoms with Gasteiger partial charge in [0.25, 0.3) is 0 Å². The largest absolute Gasteiger partial charge is 0.303 e. The molecule has 0 heterocycles. The van der Waals surface area contributed by atoms with E-state index < -0.39 is 0 Å². The van der Waals surface area contributed by atoms with Crippen LogP contribution in [0.2, 0.25) is 0 Å². The molecule has 1 atom stereocenters. The maximum absolute atomic E-state index is 10.4. The van der Waals surface area contributed by atoms with Gasteiger partial charge in [-0.25, -0.2) is 0 Å². The summed E-state index contributed by atoms with van der Waals surface area (Å²) >= 11 is 0. The van der Waals surface area contributed by atoms with E-state index in [1.807, 2.05) is 0 Å². The molecule has 1 nitrogen and oxygen atoms in total. The Balaban J connectivity index is 2.68. The van der Waals surface area contributed by atoms with Gasteiger partial charge in [0.05, 0.1) is 0 Å². The molecule has 0 aliphatic rings. The van der Waals surface area contributed by atoms with Gasteiger partial charge in [0.2, 0.25) is 0 Å². The predicted octanol–water partition coefficient (Wildman–Crippen LogP) is 3.75. The quantitative estimate of drug-likeness (QED) is 0.703. The third kappa shape index (κ3) is 3.80. The zero-order valence-electron chi connectivity index (χ0n) is 10.8. The molecule has 88 valence electrons. The third-order valence-electron chi connectivity index (χ3n) is 2.90. The Morgan fingerprint density at radius 3 is 2.19 bits per heavy atom. The highest BCUT2D eigenvalue weighted by Gasteiger charge is 2.13. The molecule has 0 radical (unpaired) electrons. The van der Waals surface area contributed by atoms with E-state index >= 15 is 0 Å².